The molecule has 2 fully saturated rings. The number of carbonyl (C=O) groups is 1. The fraction of sp³-hybridized carbons (Fsp3) is 0.562. The van der Waals surface area contributed by atoms with Crippen molar-refractivity contribution in [2.75, 3.05) is 20.1 Å². The van der Waals surface area contributed by atoms with Gasteiger partial charge in [0.2, 0.25) is 10.0 Å². The summed E-state index contributed by atoms with van der Waals surface area (Å²) < 4.78 is 27.1. The van der Waals surface area contributed by atoms with Crippen LogP contribution in [-0.2, 0) is 10.0 Å². The molecular weight excluding hydrogens is 314 g/mol. The van der Waals surface area contributed by atoms with Crippen LogP contribution in [-0.4, -0.2) is 51.4 Å². The summed E-state index contributed by atoms with van der Waals surface area (Å²) in [5, 5.41) is 3.01. The van der Waals surface area contributed by atoms with Gasteiger partial charge in [-0.2, -0.15) is 0 Å². The molecule has 1 aromatic carbocycles. The fourth-order valence-electron chi connectivity index (χ4n) is 2.71. The van der Waals surface area contributed by atoms with E-state index in [9.17, 15) is 13.2 Å². The van der Waals surface area contributed by atoms with Crippen LogP contribution in [0, 0.1) is 0 Å². The maximum Gasteiger partial charge on any atom is 0.251 e. The number of piperidine rings is 1. The maximum atomic E-state index is 12.4. The summed E-state index contributed by atoms with van der Waals surface area (Å²) in [5.74, 6) is -0.206. The van der Waals surface area contributed by atoms with Crippen LogP contribution in [0.25, 0.3) is 0 Å². The zero-order valence-corrected chi connectivity index (χ0v) is 14.1. The lowest BCUT2D eigenvalue weighted by atomic mass is 10.0. The molecule has 2 aliphatic rings. The van der Waals surface area contributed by atoms with E-state index in [-0.39, 0.29) is 22.9 Å². The van der Waals surface area contributed by atoms with Crippen LogP contribution in [0.1, 0.15) is 36.0 Å². The molecule has 7 heteroatoms. The van der Waals surface area contributed by atoms with Crippen LogP contribution in [0.15, 0.2) is 29.2 Å². The van der Waals surface area contributed by atoms with Crippen LogP contribution < -0.4 is 10.0 Å². The third-order valence-electron chi connectivity index (χ3n) is 4.36. The minimum atomic E-state index is -3.53. The minimum Gasteiger partial charge on any atom is -0.349 e. The standard InChI is InChI=1S/C16H23N3O3S/c1-19-9-7-13(8-10-19)17-16(20)12-3-2-4-15(11-12)23(21,22)18-14-5-6-14/h2-4,11,13-14,18H,5-10H2,1H3,(H,17,20). The largest absolute Gasteiger partial charge is 0.349 e. The molecular formula is C16H23N3O3S. The Morgan fingerprint density at radius 2 is 1.83 bits per heavy atom. The molecule has 0 atom stereocenters. The second-order valence-corrected chi connectivity index (χ2v) is 8.19. The SMILES string of the molecule is CN1CCC(NC(=O)c2cccc(S(=O)(=O)NC3CC3)c2)CC1. The highest BCUT2D eigenvalue weighted by Crippen LogP contribution is 2.22. The summed E-state index contributed by atoms with van der Waals surface area (Å²) in [7, 11) is -1.46. The molecule has 126 valence electrons. The van der Waals surface area contributed by atoms with Crippen molar-refractivity contribution in [2.24, 2.45) is 0 Å². The number of nitrogens with zero attached hydrogens (tertiary/aromatic N) is 1. The van der Waals surface area contributed by atoms with Crippen molar-refractivity contribution in [1.29, 1.82) is 0 Å². The molecule has 0 aromatic heterocycles. The predicted molar refractivity (Wildman–Crippen MR) is 87.8 cm³/mol. The van der Waals surface area contributed by atoms with E-state index in [0.29, 0.717) is 5.56 Å². The van der Waals surface area contributed by atoms with Crippen molar-refractivity contribution in [1.82, 2.24) is 14.9 Å². The van der Waals surface area contributed by atoms with Gasteiger partial charge in [-0.1, -0.05) is 6.07 Å². The lowest BCUT2D eigenvalue weighted by molar-refractivity contribution is 0.0916. The van der Waals surface area contributed by atoms with Gasteiger partial charge in [-0.25, -0.2) is 13.1 Å². The molecule has 1 saturated carbocycles. The van der Waals surface area contributed by atoms with Crippen LogP contribution >= 0.6 is 0 Å². The molecule has 1 aliphatic carbocycles. The number of benzene rings is 1. The summed E-state index contributed by atoms with van der Waals surface area (Å²) in [5.41, 5.74) is 0.391. The molecule has 3 rings (SSSR count). The first-order valence-corrected chi connectivity index (χ1v) is 9.54. The van der Waals surface area contributed by atoms with Crippen molar-refractivity contribution in [3.8, 4) is 0 Å². The van der Waals surface area contributed by atoms with Crippen LogP contribution in [0.2, 0.25) is 0 Å². The van der Waals surface area contributed by atoms with Gasteiger partial charge in [0, 0.05) is 17.6 Å². The van der Waals surface area contributed by atoms with Crippen molar-refractivity contribution in [3.05, 3.63) is 29.8 Å². The van der Waals surface area contributed by atoms with E-state index >= 15 is 0 Å². The Hall–Kier alpha value is -1.44. The van der Waals surface area contributed by atoms with Crippen LogP contribution in [0.3, 0.4) is 0 Å². The average Bonchev–Trinajstić information content (AvgIpc) is 3.33. The molecule has 0 spiro atoms. The predicted octanol–water partition coefficient (Wildman–Crippen LogP) is 0.951. The zero-order valence-electron chi connectivity index (χ0n) is 13.3. The molecule has 1 amide bonds. The summed E-state index contributed by atoms with van der Waals surface area (Å²) in [6, 6.07) is 6.46. The number of rotatable bonds is 5. The number of hydrogen-bond acceptors (Lipinski definition) is 4. The number of sulfonamides is 1. The molecule has 1 aromatic rings. The zero-order chi connectivity index (χ0) is 16.4. The monoisotopic (exact) mass is 337 g/mol. The van der Waals surface area contributed by atoms with E-state index in [0.717, 1.165) is 38.8 Å². The Bertz CT molecular complexity index is 678. The topological polar surface area (TPSA) is 78.5 Å². The maximum absolute atomic E-state index is 12.4. The Balaban J connectivity index is 1.67. The van der Waals surface area contributed by atoms with E-state index in [2.05, 4.69) is 22.0 Å². The van der Waals surface area contributed by atoms with Crippen LogP contribution in [0.4, 0.5) is 0 Å². The highest BCUT2D eigenvalue weighted by atomic mass is 32.2. The van der Waals surface area contributed by atoms with Gasteiger partial charge in [-0.15, -0.1) is 0 Å². The number of nitrogens with one attached hydrogen (secondary N) is 2. The van der Waals surface area contributed by atoms with Crippen molar-refractivity contribution < 1.29 is 13.2 Å². The van der Waals surface area contributed by atoms with Gasteiger partial charge in [0.05, 0.1) is 4.90 Å². The highest BCUT2D eigenvalue weighted by molar-refractivity contribution is 7.89. The molecule has 1 heterocycles. The van der Waals surface area contributed by atoms with E-state index in [4.69, 9.17) is 0 Å². The number of carbonyl (C=O) groups excluding carboxylic acids is 1. The molecule has 2 N–H and O–H groups in total. The summed E-state index contributed by atoms with van der Waals surface area (Å²) in [6.45, 7) is 1.93. The van der Waals surface area contributed by atoms with Crippen molar-refractivity contribution >= 4 is 15.9 Å². The summed E-state index contributed by atoms with van der Waals surface area (Å²) in [4.78, 5) is 14.8. The number of amides is 1. The van der Waals surface area contributed by atoms with Crippen molar-refractivity contribution in [3.63, 3.8) is 0 Å². The van der Waals surface area contributed by atoms with Crippen LogP contribution in [0.5, 0.6) is 0 Å². The average molecular weight is 337 g/mol. The molecule has 6 nitrogen and oxygen atoms in total. The number of hydrogen-bond donors (Lipinski definition) is 2. The molecule has 0 bridgehead atoms. The third kappa shape index (κ3) is 4.31. The molecule has 0 radical (unpaired) electrons. The fourth-order valence-corrected chi connectivity index (χ4v) is 4.07. The minimum absolute atomic E-state index is 0.0525. The van der Waals surface area contributed by atoms with Gasteiger partial charge < -0.3 is 10.2 Å². The lowest BCUT2D eigenvalue weighted by Crippen LogP contribution is -2.43. The van der Waals surface area contributed by atoms with Crippen molar-refractivity contribution in [2.45, 2.75) is 42.7 Å². The van der Waals surface area contributed by atoms with Gasteiger partial charge in [-0.05, 0) is 64.0 Å². The third-order valence-corrected chi connectivity index (χ3v) is 5.88. The second kappa shape index (κ2) is 6.59. The quantitative estimate of drug-likeness (QED) is 0.839. The van der Waals surface area contributed by atoms with E-state index in [1.807, 2.05) is 0 Å². The molecule has 1 saturated heterocycles. The molecule has 0 unspecified atom stereocenters. The molecule has 1 aliphatic heterocycles. The first kappa shape index (κ1) is 16.4. The van der Waals surface area contributed by atoms with E-state index in [1.165, 1.54) is 12.1 Å². The van der Waals surface area contributed by atoms with E-state index < -0.39 is 10.0 Å². The highest BCUT2D eigenvalue weighted by Gasteiger charge is 2.28. The Morgan fingerprint density at radius 3 is 2.48 bits per heavy atom. The van der Waals surface area contributed by atoms with Gasteiger partial charge >= 0.3 is 0 Å². The smallest absolute Gasteiger partial charge is 0.251 e. The Kier molecular flexibility index (Phi) is 4.70. The van der Waals surface area contributed by atoms with Gasteiger partial charge in [0.15, 0.2) is 0 Å². The normalized spacial score (nSPS) is 20.4. The number of likely N-dealkylation sites (tertiary alicyclic amines) is 1. The lowest BCUT2D eigenvalue weighted by Gasteiger charge is -2.29. The summed E-state index contributed by atoms with van der Waals surface area (Å²) in [6.07, 6.45) is 3.61. The Morgan fingerprint density at radius 1 is 1.13 bits per heavy atom. The summed E-state index contributed by atoms with van der Waals surface area (Å²) >= 11 is 0. The second-order valence-electron chi connectivity index (χ2n) is 6.47. The molecule has 23 heavy (non-hydrogen) atoms. The van der Waals surface area contributed by atoms with Gasteiger partial charge in [0.25, 0.3) is 5.91 Å². The van der Waals surface area contributed by atoms with E-state index in [1.54, 1.807) is 12.1 Å². The Labute approximate surface area is 137 Å². The van der Waals surface area contributed by atoms with Gasteiger partial charge in [0.1, 0.15) is 0 Å². The first-order valence-electron chi connectivity index (χ1n) is 8.06. The first-order chi connectivity index (χ1) is 10.9. The van der Waals surface area contributed by atoms with Gasteiger partial charge in [-0.3, -0.25) is 4.79 Å².